The first-order valence-corrected chi connectivity index (χ1v) is 8.40. The number of rotatable bonds is 4. The number of hydrogen-bond acceptors (Lipinski definition) is 6. The van der Waals surface area contributed by atoms with Gasteiger partial charge in [0.15, 0.2) is 0 Å². The Balaban J connectivity index is 1.53. The van der Waals surface area contributed by atoms with E-state index < -0.39 is 0 Å². The SMILES string of the molecule is CC(C)c1nnc(C2CCN(C(=O)CN3C(=O)CCC3=O)CC2)o1. The minimum absolute atomic E-state index is 0.139. The first-order chi connectivity index (χ1) is 11.5. The van der Waals surface area contributed by atoms with Crippen LogP contribution in [-0.4, -0.2) is 57.4 Å². The molecule has 3 rings (SSSR count). The summed E-state index contributed by atoms with van der Waals surface area (Å²) in [6, 6.07) is 0. The molecule has 0 spiro atoms. The number of hydrogen-bond donors (Lipinski definition) is 0. The topological polar surface area (TPSA) is 96.6 Å². The molecule has 0 aliphatic carbocycles. The normalized spacial score (nSPS) is 19.6. The second-order valence-corrected chi connectivity index (χ2v) is 6.66. The molecule has 8 nitrogen and oxygen atoms in total. The highest BCUT2D eigenvalue weighted by atomic mass is 16.4. The number of piperidine rings is 1. The van der Waals surface area contributed by atoms with Crippen LogP contribution in [-0.2, 0) is 14.4 Å². The molecule has 0 atom stereocenters. The van der Waals surface area contributed by atoms with Crippen LogP contribution in [0.4, 0.5) is 0 Å². The molecule has 130 valence electrons. The van der Waals surface area contributed by atoms with Gasteiger partial charge < -0.3 is 9.32 Å². The summed E-state index contributed by atoms with van der Waals surface area (Å²) in [6.07, 6.45) is 1.91. The summed E-state index contributed by atoms with van der Waals surface area (Å²) in [4.78, 5) is 38.3. The van der Waals surface area contributed by atoms with Crippen molar-refractivity contribution in [3.05, 3.63) is 11.8 Å². The molecular formula is C16H22N4O4. The minimum atomic E-state index is -0.254. The predicted octanol–water partition coefficient (Wildman–Crippen LogP) is 1.05. The molecule has 2 fully saturated rings. The van der Waals surface area contributed by atoms with Gasteiger partial charge in [0.2, 0.25) is 29.5 Å². The van der Waals surface area contributed by atoms with Gasteiger partial charge in [0.1, 0.15) is 6.54 Å². The molecule has 0 saturated carbocycles. The zero-order valence-electron chi connectivity index (χ0n) is 14.0. The Labute approximate surface area is 140 Å². The first-order valence-electron chi connectivity index (χ1n) is 8.40. The van der Waals surface area contributed by atoms with Crippen LogP contribution in [0.1, 0.15) is 63.1 Å². The second kappa shape index (κ2) is 6.70. The van der Waals surface area contributed by atoms with Gasteiger partial charge in [-0.1, -0.05) is 13.8 Å². The standard InChI is InChI=1S/C16H22N4O4/c1-10(2)15-17-18-16(24-15)11-5-7-19(8-6-11)14(23)9-20-12(21)3-4-13(20)22/h10-11H,3-9H2,1-2H3. The van der Waals surface area contributed by atoms with Crippen LogP contribution >= 0.6 is 0 Å². The number of likely N-dealkylation sites (tertiary alicyclic amines) is 2. The van der Waals surface area contributed by atoms with Crippen molar-refractivity contribution in [1.82, 2.24) is 20.0 Å². The number of nitrogens with zero attached hydrogens (tertiary/aromatic N) is 4. The minimum Gasteiger partial charge on any atom is -0.425 e. The first kappa shape index (κ1) is 16.6. The van der Waals surface area contributed by atoms with Gasteiger partial charge in [-0.05, 0) is 12.8 Å². The third kappa shape index (κ3) is 3.32. The fourth-order valence-electron chi connectivity index (χ4n) is 3.06. The van der Waals surface area contributed by atoms with Crippen molar-refractivity contribution in [1.29, 1.82) is 0 Å². The molecule has 24 heavy (non-hydrogen) atoms. The second-order valence-electron chi connectivity index (χ2n) is 6.66. The van der Waals surface area contributed by atoms with Crippen molar-refractivity contribution in [3.63, 3.8) is 0 Å². The number of carbonyl (C=O) groups excluding carboxylic acids is 3. The molecule has 0 radical (unpaired) electrons. The van der Waals surface area contributed by atoms with Gasteiger partial charge in [0, 0.05) is 37.8 Å². The Morgan fingerprint density at radius 3 is 2.33 bits per heavy atom. The van der Waals surface area contributed by atoms with Crippen molar-refractivity contribution >= 4 is 17.7 Å². The molecule has 0 N–H and O–H groups in total. The van der Waals surface area contributed by atoms with E-state index in [4.69, 9.17) is 4.42 Å². The molecule has 0 bridgehead atoms. The summed E-state index contributed by atoms with van der Waals surface area (Å²) in [6.45, 7) is 5.00. The number of aromatic nitrogens is 2. The fraction of sp³-hybridized carbons (Fsp3) is 0.688. The summed E-state index contributed by atoms with van der Waals surface area (Å²) in [5.74, 6) is 0.939. The maximum Gasteiger partial charge on any atom is 0.242 e. The van der Waals surface area contributed by atoms with E-state index in [1.165, 1.54) is 0 Å². The molecule has 3 amide bonds. The van der Waals surface area contributed by atoms with Crippen molar-refractivity contribution < 1.29 is 18.8 Å². The summed E-state index contributed by atoms with van der Waals surface area (Å²) < 4.78 is 5.69. The third-order valence-corrected chi connectivity index (χ3v) is 4.60. The van der Waals surface area contributed by atoms with E-state index in [0.717, 1.165) is 17.7 Å². The van der Waals surface area contributed by atoms with Gasteiger partial charge in [-0.2, -0.15) is 0 Å². The van der Waals surface area contributed by atoms with Gasteiger partial charge in [-0.15, -0.1) is 10.2 Å². The van der Waals surface area contributed by atoms with E-state index in [1.807, 2.05) is 13.8 Å². The summed E-state index contributed by atoms with van der Waals surface area (Å²) in [7, 11) is 0. The highest BCUT2D eigenvalue weighted by Gasteiger charge is 2.33. The van der Waals surface area contributed by atoms with E-state index in [9.17, 15) is 14.4 Å². The van der Waals surface area contributed by atoms with Gasteiger partial charge in [-0.25, -0.2) is 0 Å². The fourth-order valence-corrected chi connectivity index (χ4v) is 3.06. The van der Waals surface area contributed by atoms with E-state index in [2.05, 4.69) is 10.2 Å². The molecule has 0 aromatic carbocycles. The highest BCUT2D eigenvalue weighted by Crippen LogP contribution is 2.28. The summed E-state index contributed by atoms with van der Waals surface area (Å²) >= 11 is 0. The predicted molar refractivity (Wildman–Crippen MR) is 82.9 cm³/mol. The molecule has 0 unspecified atom stereocenters. The lowest BCUT2D eigenvalue weighted by Crippen LogP contribution is -2.45. The van der Waals surface area contributed by atoms with E-state index in [-0.39, 0.29) is 48.9 Å². The summed E-state index contributed by atoms with van der Waals surface area (Å²) in [5, 5.41) is 8.17. The van der Waals surface area contributed by atoms with Gasteiger partial charge in [-0.3, -0.25) is 19.3 Å². The van der Waals surface area contributed by atoms with Crippen LogP contribution in [0.5, 0.6) is 0 Å². The van der Waals surface area contributed by atoms with Crippen LogP contribution in [0.25, 0.3) is 0 Å². The van der Waals surface area contributed by atoms with E-state index >= 15 is 0 Å². The van der Waals surface area contributed by atoms with Crippen LogP contribution in [0, 0.1) is 0 Å². The van der Waals surface area contributed by atoms with Gasteiger partial charge >= 0.3 is 0 Å². The Bertz CT molecular complexity index is 630. The number of carbonyl (C=O) groups is 3. The highest BCUT2D eigenvalue weighted by molar-refractivity contribution is 6.04. The number of amides is 3. The van der Waals surface area contributed by atoms with Crippen molar-refractivity contribution in [2.24, 2.45) is 0 Å². The van der Waals surface area contributed by atoms with Gasteiger partial charge in [0.05, 0.1) is 0 Å². The van der Waals surface area contributed by atoms with Crippen LogP contribution in [0.3, 0.4) is 0 Å². The average molecular weight is 334 g/mol. The van der Waals surface area contributed by atoms with Crippen LogP contribution in [0.15, 0.2) is 4.42 Å². The molecule has 2 saturated heterocycles. The third-order valence-electron chi connectivity index (χ3n) is 4.60. The molecule has 1 aromatic rings. The van der Waals surface area contributed by atoms with E-state index in [0.29, 0.717) is 24.9 Å². The quantitative estimate of drug-likeness (QED) is 0.764. The monoisotopic (exact) mass is 334 g/mol. The van der Waals surface area contributed by atoms with Gasteiger partial charge in [0.25, 0.3) is 0 Å². The Hall–Kier alpha value is -2.25. The Kier molecular flexibility index (Phi) is 4.64. The lowest BCUT2D eigenvalue weighted by molar-refractivity contribution is -0.146. The van der Waals surface area contributed by atoms with Crippen molar-refractivity contribution in [2.45, 2.75) is 51.4 Å². The lowest BCUT2D eigenvalue weighted by Gasteiger charge is -2.31. The molecule has 8 heteroatoms. The van der Waals surface area contributed by atoms with Crippen LogP contribution in [0.2, 0.25) is 0 Å². The average Bonchev–Trinajstić information content (AvgIpc) is 3.18. The molecule has 3 heterocycles. The maximum atomic E-state index is 12.3. The molecule has 2 aliphatic rings. The molecular weight excluding hydrogens is 312 g/mol. The maximum absolute atomic E-state index is 12.3. The Morgan fingerprint density at radius 1 is 1.17 bits per heavy atom. The molecule has 1 aromatic heterocycles. The van der Waals surface area contributed by atoms with E-state index in [1.54, 1.807) is 4.90 Å². The smallest absolute Gasteiger partial charge is 0.242 e. The van der Waals surface area contributed by atoms with Crippen molar-refractivity contribution in [2.75, 3.05) is 19.6 Å². The summed E-state index contributed by atoms with van der Waals surface area (Å²) in [5.41, 5.74) is 0. The molecule has 2 aliphatic heterocycles. The van der Waals surface area contributed by atoms with Crippen LogP contribution < -0.4 is 0 Å². The zero-order chi connectivity index (χ0) is 17.3. The Morgan fingerprint density at radius 2 is 1.79 bits per heavy atom. The lowest BCUT2D eigenvalue weighted by atomic mass is 9.97. The largest absolute Gasteiger partial charge is 0.425 e. The number of imide groups is 1. The zero-order valence-corrected chi connectivity index (χ0v) is 14.0. The van der Waals surface area contributed by atoms with Crippen molar-refractivity contribution in [3.8, 4) is 0 Å².